The van der Waals surface area contributed by atoms with Crippen molar-refractivity contribution in [3.63, 3.8) is 0 Å². The molecule has 1 aromatic carbocycles. The highest BCUT2D eigenvalue weighted by atomic mass is 35.5. The summed E-state index contributed by atoms with van der Waals surface area (Å²) < 4.78 is 1.83. The van der Waals surface area contributed by atoms with Crippen LogP contribution in [-0.4, -0.2) is 34.7 Å². The Bertz CT molecular complexity index is 641. The molecule has 0 bridgehead atoms. The number of aryl methyl sites for hydroxylation is 1. The SMILES string of the molecule is O=C(CCCNC(=O)c1ccc(Cl)cc1)NCCCn1cccn1. The van der Waals surface area contributed by atoms with Gasteiger partial charge in [0.1, 0.15) is 0 Å². The lowest BCUT2D eigenvalue weighted by Crippen LogP contribution is -2.28. The summed E-state index contributed by atoms with van der Waals surface area (Å²) >= 11 is 5.78. The fourth-order valence-electron chi connectivity index (χ4n) is 2.14. The van der Waals surface area contributed by atoms with E-state index in [0.717, 1.165) is 13.0 Å². The molecule has 1 heterocycles. The molecule has 0 aliphatic carbocycles. The minimum Gasteiger partial charge on any atom is -0.356 e. The number of hydrogen-bond donors (Lipinski definition) is 2. The lowest BCUT2D eigenvalue weighted by Gasteiger charge is -2.07. The largest absolute Gasteiger partial charge is 0.356 e. The number of amides is 2. The number of nitrogens with zero attached hydrogens (tertiary/aromatic N) is 2. The second kappa shape index (κ2) is 9.72. The van der Waals surface area contributed by atoms with Gasteiger partial charge in [-0.3, -0.25) is 14.3 Å². The van der Waals surface area contributed by atoms with Gasteiger partial charge < -0.3 is 10.6 Å². The fourth-order valence-corrected chi connectivity index (χ4v) is 2.27. The molecule has 2 N–H and O–H groups in total. The van der Waals surface area contributed by atoms with Crippen LogP contribution in [0, 0.1) is 0 Å². The first-order valence-corrected chi connectivity index (χ1v) is 8.31. The highest BCUT2D eigenvalue weighted by molar-refractivity contribution is 6.30. The smallest absolute Gasteiger partial charge is 0.251 e. The summed E-state index contributed by atoms with van der Waals surface area (Å²) in [4.78, 5) is 23.6. The summed E-state index contributed by atoms with van der Waals surface area (Å²) in [7, 11) is 0. The van der Waals surface area contributed by atoms with Gasteiger partial charge >= 0.3 is 0 Å². The van der Waals surface area contributed by atoms with E-state index in [9.17, 15) is 9.59 Å². The maximum Gasteiger partial charge on any atom is 0.251 e. The maximum atomic E-state index is 11.9. The van der Waals surface area contributed by atoms with Crippen molar-refractivity contribution < 1.29 is 9.59 Å². The van der Waals surface area contributed by atoms with Crippen molar-refractivity contribution in [3.8, 4) is 0 Å². The number of nitrogens with one attached hydrogen (secondary N) is 2. The number of hydrogen-bond acceptors (Lipinski definition) is 3. The minimum absolute atomic E-state index is 0.00351. The molecule has 0 unspecified atom stereocenters. The lowest BCUT2D eigenvalue weighted by atomic mass is 10.2. The second-order valence-electron chi connectivity index (χ2n) is 5.34. The second-order valence-corrected chi connectivity index (χ2v) is 5.78. The molecule has 0 radical (unpaired) electrons. The molecule has 0 saturated heterocycles. The Kier molecular flexibility index (Phi) is 7.29. The van der Waals surface area contributed by atoms with Crippen LogP contribution in [0.3, 0.4) is 0 Å². The predicted octanol–water partition coefficient (Wildman–Crippen LogP) is 2.25. The first kappa shape index (κ1) is 18.0. The quantitative estimate of drug-likeness (QED) is 0.682. The topological polar surface area (TPSA) is 76.0 Å². The number of rotatable bonds is 9. The minimum atomic E-state index is -0.161. The lowest BCUT2D eigenvalue weighted by molar-refractivity contribution is -0.121. The molecule has 0 spiro atoms. The third kappa shape index (κ3) is 6.42. The Balaban J connectivity index is 1.52. The maximum absolute atomic E-state index is 11.9. The highest BCUT2D eigenvalue weighted by Crippen LogP contribution is 2.09. The molecule has 0 fully saturated rings. The molecule has 1 aromatic heterocycles. The van der Waals surface area contributed by atoms with Crippen LogP contribution in [0.4, 0.5) is 0 Å². The summed E-state index contributed by atoms with van der Waals surface area (Å²) in [5.41, 5.74) is 0.558. The van der Waals surface area contributed by atoms with Gasteiger partial charge in [-0.15, -0.1) is 0 Å². The Morgan fingerprint density at radius 3 is 2.54 bits per heavy atom. The summed E-state index contributed by atoms with van der Waals surface area (Å²) in [6, 6.07) is 8.56. The monoisotopic (exact) mass is 348 g/mol. The van der Waals surface area contributed by atoms with E-state index in [0.29, 0.717) is 36.5 Å². The van der Waals surface area contributed by atoms with Crippen LogP contribution in [-0.2, 0) is 11.3 Å². The summed E-state index contributed by atoms with van der Waals surface area (Å²) in [5, 5.41) is 10.3. The van der Waals surface area contributed by atoms with Crippen LogP contribution < -0.4 is 10.6 Å². The van der Waals surface area contributed by atoms with E-state index in [1.807, 2.05) is 16.9 Å². The Hall–Kier alpha value is -2.34. The Morgan fingerprint density at radius 2 is 1.83 bits per heavy atom. The van der Waals surface area contributed by atoms with Crippen LogP contribution in [0.25, 0.3) is 0 Å². The fraction of sp³-hybridized carbons (Fsp3) is 0.353. The van der Waals surface area contributed by atoms with Crippen molar-refractivity contribution in [1.29, 1.82) is 0 Å². The van der Waals surface area contributed by atoms with Crippen molar-refractivity contribution in [3.05, 3.63) is 53.3 Å². The third-order valence-corrected chi connectivity index (χ3v) is 3.67. The van der Waals surface area contributed by atoms with Crippen molar-refractivity contribution in [2.45, 2.75) is 25.8 Å². The molecular weight excluding hydrogens is 328 g/mol. The molecule has 24 heavy (non-hydrogen) atoms. The van der Waals surface area contributed by atoms with Gasteiger partial charge in [0.25, 0.3) is 5.91 Å². The predicted molar refractivity (Wildman–Crippen MR) is 92.9 cm³/mol. The number of aromatic nitrogens is 2. The number of benzene rings is 1. The molecule has 2 aromatic rings. The zero-order valence-corrected chi connectivity index (χ0v) is 14.1. The molecule has 0 aliphatic heterocycles. The van der Waals surface area contributed by atoms with Crippen LogP contribution in [0.2, 0.25) is 5.02 Å². The van der Waals surface area contributed by atoms with Crippen molar-refractivity contribution in [1.82, 2.24) is 20.4 Å². The van der Waals surface area contributed by atoms with Crippen LogP contribution in [0.1, 0.15) is 29.6 Å². The van der Waals surface area contributed by atoms with Gasteiger partial charge in [0, 0.05) is 49.0 Å². The van der Waals surface area contributed by atoms with Crippen LogP contribution in [0.5, 0.6) is 0 Å². The summed E-state index contributed by atoms with van der Waals surface area (Å²) in [6.07, 6.45) is 5.45. The number of carbonyl (C=O) groups is 2. The number of carbonyl (C=O) groups excluding carboxylic acids is 2. The average molecular weight is 349 g/mol. The van der Waals surface area contributed by atoms with E-state index in [-0.39, 0.29) is 11.8 Å². The summed E-state index contributed by atoms with van der Waals surface area (Å²) in [5.74, 6) is -0.164. The van der Waals surface area contributed by atoms with Crippen molar-refractivity contribution in [2.24, 2.45) is 0 Å². The van der Waals surface area contributed by atoms with Crippen molar-refractivity contribution >= 4 is 23.4 Å². The molecule has 128 valence electrons. The zero-order chi connectivity index (χ0) is 17.2. The molecular formula is C17H21ClN4O2. The van der Waals surface area contributed by atoms with E-state index in [2.05, 4.69) is 15.7 Å². The summed E-state index contributed by atoms with van der Waals surface area (Å²) in [6.45, 7) is 1.86. The van der Waals surface area contributed by atoms with Gasteiger partial charge in [0.2, 0.25) is 5.91 Å². The molecule has 7 heteroatoms. The standard InChI is InChI=1S/C17H21ClN4O2/c18-15-7-5-14(6-8-15)17(24)20-9-1-4-16(23)19-10-2-12-22-13-3-11-21-22/h3,5-8,11,13H,1-2,4,9-10,12H2,(H,19,23)(H,20,24). The van der Waals surface area contributed by atoms with Crippen LogP contribution in [0.15, 0.2) is 42.7 Å². The van der Waals surface area contributed by atoms with E-state index < -0.39 is 0 Å². The number of halogens is 1. The third-order valence-electron chi connectivity index (χ3n) is 3.42. The zero-order valence-electron chi connectivity index (χ0n) is 13.4. The molecule has 0 saturated carbocycles. The van der Waals surface area contributed by atoms with Gasteiger partial charge in [-0.05, 0) is 43.2 Å². The first-order chi connectivity index (χ1) is 11.6. The Labute approximate surface area is 146 Å². The molecule has 2 amide bonds. The van der Waals surface area contributed by atoms with Gasteiger partial charge in [0.05, 0.1) is 0 Å². The van der Waals surface area contributed by atoms with Gasteiger partial charge in [-0.25, -0.2) is 0 Å². The van der Waals surface area contributed by atoms with Gasteiger partial charge in [0.15, 0.2) is 0 Å². The average Bonchev–Trinajstić information content (AvgIpc) is 3.09. The Morgan fingerprint density at radius 1 is 1.08 bits per heavy atom. The normalized spacial score (nSPS) is 10.4. The van der Waals surface area contributed by atoms with Gasteiger partial charge in [-0.2, -0.15) is 5.10 Å². The molecule has 0 aliphatic rings. The highest BCUT2D eigenvalue weighted by Gasteiger charge is 2.05. The first-order valence-electron chi connectivity index (χ1n) is 7.93. The van der Waals surface area contributed by atoms with Gasteiger partial charge in [-0.1, -0.05) is 11.6 Å². The van der Waals surface area contributed by atoms with E-state index in [4.69, 9.17) is 11.6 Å². The van der Waals surface area contributed by atoms with E-state index in [1.54, 1.807) is 30.5 Å². The molecule has 6 nitrogen and oxygen atoms in total. The van der Waals surface area contributed by atoms with Crippen molar-refractivity contribution in [2.75, 3.05) is 13.1 Å². The van der Waals surface area contributed by atoms with E-state index >= 15 is 0 Å². The van der Waals surface area contributed by atoms with E-state index in [1.165, 1.54) is 0 Å². The van der Waals surface area contributed by atoms with Crippen LogP contribution >= 0.6 is 11.6 Å². The molecule has 2 rings (SSSR count). The molecule has 0 atom stereocenters.